The Bertz CT molecular complexity index is 229. The van der Waals surface area contributed by atoms with Crippen molar-refractivity contribution in [3.05, 3.63) is 0 Å². The first-order valence-corrected chi connectivity index (χ1v) is 8.11. The molecule has 0 aromatic heterocycles. The molecule has 0 aliphatic heterocycles. The molecule has 0 saturated heterocycles. The normalized spacial score (nSPS) is 36.3. The molecule has 2 aliphatic rings. The van der Waals surface area contributed by atoms with Crippen LogP contribution in [0.5, 0.6) is 0 Å². The maximum absolute atomic E-state index is 9.77. The first-order chi connectivity index (χ1) is 8.81. The fraction of sp³-hybridized carbons (Fsp3) is 1.00. The fourth-order valence-electron chi connectivity index (χ4n) is 3.85. The van der Waals surface area contributed by atoms with Gasteiger partial charge < -0.3 is 9.84 Å². The van der Waals surface area contributed by atoms with Gasteiger partial charge in [-0.05, 0) is 50.4 Å². The summed E-state index contributed by atoms with van der Waals surface area (Å²) >= 11 is 0. The Hall–Kier alpha value is -0.0800. The highest BCUT2D eigenvalue weighted by Crippen LogP contribution is 2.41. The van der Waals surface area contributed by atoms with Gasteiger partial charge in [-0.3, -0.25) is 0 Å². The SMILES string of the molecule is CCCCCCOC1CCCC2CC(O)CCC21. The molecule has 106 valence electrons. The first kappa shape index (κ1) is 14.3. The van der Waals surface area contributed by atoms with E-state index in [4.69, 9.17) is 4.74 Å². The van der Waals surface area contributed by atoms with Crippen molar-refractivity contribution in [2.24, 2.45) is 11.8 Å². The summed E-state index contributed by atoms with van der Waals surface area (Å²) in [5.74, 6) is 1.48. The number of unbranched alkanes of at least 4 members (excludes halogenated alkanes) is 3. The lowest BCUT2D eigenvalue weighted by molar-refractivity contribution is -0.0664. The van der Waals surface area contributed by atoms with E-state index in [1.54, 1.807) is 0 Å². The van der Waals surface area contributed by atoms with Crippen LogP contribution >= 0.6 is 0 Å². The molecule has 0 heterocycles. The third-order valence-electron chi connectivity index (χ3n) is 4.88. The zero-order valence-electron chi connectivity index (χ0n) is 11.9. The minimum Gasteiger partial charge on any atom is -0.393 e. The second-order valence-electron chi connectivity index (χ2n) is 6.29. The van der Waals surface area contributed by atoms with E-state index < -0.39 is 0 Å². The summed E-state index contributed by atoms with van der Waals surface area (Å²) in [6.07, 6.45) is 12.7. The molecule has 2 saturated carbocycles. The Labute approximate surface area is 112 Å². The number of aliphatic hydroxyl groups excluding tert-OH is 1. The van der Waals surface area contributed by atoms with Gasteiger partial charge in [0.25, 0.3) is 0 Å². The summed E-state index contributed by atoms with van der Waals surface area (Å²) in [6.45, 7) is 3.20. The van der Waals surface area contributed by atoms with Crippen LogP contribution in [0.2, 0.25) is 0 Å². The van der Waals surface area contributed by atoms with Crippen LogP contribution in [0.3, 0.4) is 0 Å². The summed E-state index contributed by atoms with van der Waals surface area (Å²) in [6, 6.07) is 0. The molecule has 4 unspecified atom stereocenters. The van der Waals surface area contributed by atoms with Crippen molar-refractivity contribution < 1.29 is 9.84 Å². The van der Waals surface area contributed by atoms with Crippen molar-refractivity contribution in [1.29, 1.82) is 0 Å². The number of aliphatic hydroxyl groups is 1. The topological polar surface area (TPSA) is 29.5 Å². The van der Waals surface area contributed by atoms with Crippen LogP contribution in [0.4, 0.5) is 0 Å². The van der Waals surface area contributed by atoms with Crippen LogP contribution in [0.25, 0.3) is 0 Å². The van der Waals surface area contributed by atoms with E-state index in [1.807, 2.05) is 0 Å². The Morgan fingerprint density at radius 1 is 1.06 bits per heavy atom. The van der Waals surface area contributed by atoms with Crippen molar-refractivity contribution in [3.63, 3.8) is 0 Å². The van der Waals surface area contributed by atoms with Gasteiger partial charge in [0.05, 0.1) is 12.2 Å². The van der Waals surface area contributed by atoms with Crippen LogP contribution < -0.4 is 0 Å². The second-order valence-corrected chi connectivity index (χ2v) is 6.29. The number of rotatable bonds is 6. The van der Waals surface area contributed by atoms with Gasteiger partial charge in [0, 0.05) is 6.61 Å². The molecule has 0 amide bonds. The van der Waals surface area contributed by atoms with Gasteiger partial charge in [0.1, 0.15) is 0 Å². The summed E-state index contributed by atoms with van der Waals surface area (Å²) in [5.41, 5.74) is 0. The van der Waals surface area contributed by atoms with E-state index in [2.05, 4.69) is 6.92 Å². The van der Waals surface area contributed by atoms with Gasteiger partial charge in [0.2, 0.25) is 0 Å². The molecule has 18 heavy (non-hydrogen) atoms. The standard InChI is InChI=1S/C16H30O2/c1-2-3-4-5-11-18-16-8-6-7-13-12-14(17)9-10-15(13)16/h13-17H,2-12H2,1H3. The Morgan fingerprint density at radius 3 is 2.78 bits per heavy atom. The van der Waals surface area contributed by atoms with Crippen LogP contribution in [-0.2, 0) is 4.74 Å². The van der Waals surface area contributed by atoms with Gasteiger partial charge >= 0.3 is 0 Å². The molecule has 0 aromatic carbocycles. The van der Waals surface area contributed by atoms with E-state index >= 15 is 0 Å². The first-order valence-electron chi connectivity index (χ1n) is 8.11. The maximum atomic E-state index is 9.77. The van der Waals surface area contributed by atoms with E-state index in [0.29, 0.717) is 6.10 Å². The van der Waals surface area contributed by atoms with Crippen LogP contribution in [0, 0.1) is 11.8 Å². The van der Waals surface area contributed by atoms with Crippen LogP contribution in [-0.4, -0.2) is 23.9 Å². The van der Waals surface area contributed by atoms with Crippen molar-refractivity contribution in [2.75, 3.05) is 6.61 Å². The highest BCUT2D eigenvalue weighted by molar-refractivity contribution is 4.88. The molecule has 1 N–H and O–H groups in total. The minimum absolute atomic E-state index is 0.0328. The number of ether oxygens (including phenoxy) is 1. The lowest BCUT2D eigenvalue weighted by Crippen LogP contribution is -2.40. The highest BCUT2D eigenvalue weighted by atomic mass is 16.5. The quantitative estimate of drug-likeness (QED) is 0.728. The smallest absolute Gasteiger partial charge is 0.0605 e. The zero-order valence-corrected chi connectivity index (χ0v) is 11.9. The lowest BCUT2D eigenvalue weighted by Gasteiger charge is -2.42. The van der Waals surface area contributed by atoms with E-state index in [-0.39, 0.29) is 6.10 Å². The maximum Gasteiger partial charge on any atom is 0.0605 e. The number of fused-ring (bicyclic) bond motifs is 1. The molecule has 0 spiro atoms. The largest absolute Gasteiger partial charge is 0.393 e. The highest BCUT2D eigenvalue weighted by Gasteiger charge is 2.37. The molecule has 2 nitrogen and oxygen atoms in total. The molecule has 2 rings (SSSR count). The Morgan fingerprint density at radius 2 is 1.94 bits per heavy atom. The van der Waals surface area contributed by atoms with Gasteiger partial charge in [0.15, 0.2) is 0 Å². The summed E-state index contributed by atoms with van der Waals surface area (Å²) in [5, 5.41) is 9.77. The second kappa shape index (κ2) is 7.49. The van der Waals surface area contributed by atoms with Gasteiger partial charge in [-0.1, -0.05) is 32.6 Å². The molecule has 0 radical (unpaired) electrons. The molecule has 4 atom stereocenters. The van der Waals surface area contributed by atoms with Gasteiger partial charge in [-0.25, -0.2) is 0 Å². The third kappa shape index (κ3) is 3.96. The molecular formula is C16H30O2. The molecule has 0 aromatic rings. The Balaban J connectivity index is 1.71. The average molecular weight is 254 g/mol. The van der Waals surface area contributed by atoms with Crippen molar-refractivity contribution >= 4 is 0 Å². The zero-order chi connectivity index (χ0) is 12.8. The third-order valence-corrected chi connectivity index (χ3v) is 4.88. The van der Waals surface area contributed by atoms with Crippen LogP contribution in [0.15, 0.2) is 0 Å². The summed E-state index contributed by atoms with van der Waals surface area (Å²) < 4.78 is 6.15. The van der Waals surface area contributed by atoms with E-state index in [1.165, 1.54) is 51.4 Å². The molecule has 2 heteroatoms. The molecule has 2 fully saturated rings. The van der Waals surface area contributed by atoms with Crippen molar-refractivity contribution in [2.45, 2.75) is 83.3 Å². The predicted molar refractivity (Wildman–Crippen MR) is 74.6 cm³/mol. The predicted octanol–water partition coefficient (Wildman–Crippen LogP) is 3.91. The summed E-state index contributed by atoms with van der Waals surface area (Å²) in [4.78, 5) is 0. The lowest BCUT2D eigenvalue weighted by atomic mass is 9.68. The molecular weight excluding hydrogens is 224 g/mol. The van der Waals surface area contributed by atoms with Crippen molar-refractivity contribution in [1.82, 2.24) is 0 Å². The minimum atomic E-state index is -0.0328. The fourth-order valence-corrected chi connectivity index (χ4v) is 3.85. The van der Waals surface area contributed by atoms with Crippen molar-refractivity contribution in [3.8, 4) is 0 Å². The van der Waals surface area contributed by atoms with Gasteiger partial charge in [-0.15, -0.1) is 0 Å². The Kier molecular flexibility index (Phi) is 5.97. The monoisotopic (exact) mass is 254 g/mol. The molecule has 0 bridgehead atoms. The summed E-state index contributed by atoms with van der Waals surface area (Å²) in [7, 11) is 0. The number of hydrogen-bond acceptors (Lipinski definition) is 2. The van der Waals surface area contributed by atoms with E-state index in [0.717, 1.165) is 31.3 Å². The molecule has 2 aliphatic carbocycles. The average Bonchev–Trinajstić information content (AvgIpc) is 2.38. The van der Waals surface area contributed by atoms with Gasteiger partial charge in [-0.2, -0.15) is 0 Å². The van der Waals surface area contributed by atoms with E-state index in [9.17, 15) is 5.11 Å². The van der Waals surface area contributed by atoms with Crippen LogP contribution in [0.1, 0.15) is 71.1 Å². The number of hydrogen-bond donors (Lipinski definition) is 1.